The summed E-state index contributed by atoms with van der Waals surface area (Å²) in [5.41, 5.74) is 8.85. The van der Waals surface area contributed by atoms with Gasteiger partial charge in [0.05, 0.1) is 18.5 Å². The second-order valence-electron chi connectivity index (χ2n) is 5.36. The number of hydrogen-bond acceptors (Lipinski definition) is 6. The van der Waals surface area contributed by atoms with Crippen LogP contribution in [0.15, 0.2) is 65.4 Å². The van der Waals surface area contributed by atoms with Crippen molar-refractivity contribution < 1.29 is 9.37 Å². The van der Waals surface area contributed by atoms with Crippen molar-refractivity contribution in [3.63, 3.8) is 0 Å². The Morgan fingerprint density at radius 2 is 1.76 bits per heavy atom. The lowest BCUT2D eigenvalue weighted by molar-refractivity contribution is 0.310. The minimum absolute atomic E-state index is 0.182. The molecule has 2 aromatic heterocycles. The Hall–Kier alpha value is -3.61. The molecule has 0 saturated heterocycles. The first kappa shape index (κ1) is 14.9. The molecule has 0 atom stereocenters. The fourth-order valence-corrected chi connectivity index (χ4v) is 2.66. The van der Waals surface area contributed by atoms with Crippen molar-refractivity contribution in [2.45, 2.75) is 0 Å². The van der Waals surface area contributed by atoms with Crippen LogP contribution in [0.5, 0.6) is 5.75 Å². The van der Waals surface area contributed by atoms with Crippen LogP contribution in [0, 0.1) is 0 Å². The smallest absolute Gasteiger partial charge is 0.199 e. The van der Waals surface area contributed by atoms with Crippen LogP contribution in [-0.4, -0.2) is 27.0 Å². The van der Waals surface area contributed by atoms with E-state index in [-0.39, 0.29) is 5.82 Å². The summed E-state index contributed by atoms with van der Waals surface area (Å²) < 4.78 is 12.1. The first-order valence-corrected chi connectivity index (χ1v) is 7.64. The minimum Gasteiger partial charge on any atom is -0.495 e. The summed E-state index contributed by atoms with van der Waals surface area (Å²) in [7, 11) is 1.62. The van der Waals surface area contributed by atoms with Gasteiger partial charge in [-0.05, 0) is 22.4 Å². The van der Waals surface area contributed by atoms with Crippen molar-refractivity contribution in [2.75, 3.05) is 12.8 Å². The van der Waals surface area contributed by atoms with Crippen molar-refractivity contribution in [3.05, 3.63) is 60.8 Å². The highest BCUT2D eigenvalue weighted by Gasteiger charge is 2.20. The Labute approximate surface area is 143 Å². The van der Waals surface area contributed by atoms with Gasteiger partial charge in [0.25, 0.3) is 0 Å². The third-order valence-corrected chi connectivity index (χ3v) is 3.85. The monoisotopic (exact) mass is 333 g/mol. The van der Waals surface area contributed by atoms with Crippen molar-refractivity contribution in [3.8, 4) is 34.2 Å². The van der Waals surface area contributed by atoms with Crippen LogP contribution < -0.4 is 10.5 Å². The Morgan fingerprint density at radius 1 is 1.00 bits per heavy atom. The van der Waals surface area contributed by atoms with E-state index in [0.717, 1.165) is 16.9 Å². The number of nitrogen functional groups attached to an aromatic ring is 1. The number of aromatic nitrogens is 4. The van der Waals surface area contributed by atoms with E-state index >= 15 is 0 Å². The second kappa shape index (κ2) is 6.12. The quantitative estimate of drug-likeness (QED) is 0.616. The van der Waals surface area contributed by atoms with E-state index in [1.165, 1.54) is 0 Å². The molecule has 2 heterocycles. The van der Waals surface area contributed by atoms with Gasteiger partial charge in [-0.25, -0.2) is 9.61 Å². The highest BCUT2D eigenvalue weighted by atomic mass is 16.6. The summed E-state index contributed by atoms with van der Waals surface area (Å²) in [6, 6.07) is 17.5. The van der Waals surface area contributed by atoms with Crippen molar-refractivity contribution in [1.29, 1.82) is 0 Å². The molecular weight excluding hydrogens is 318 g/mol. The second-order valence-corrected chi connectivity index (χ2v) is 5.36. The molecule has 0 aliphatic heterocycles. The summed E-state index contributed by atoms with van der Waals surface area (Å²) in [5, 5.41) is 7.56. The van der Waals surface area contributed by atoms with Crippen molar-refractivity contribution in [2.24, 2.45) is 0 Å². The van der Waals surface area contributed by atoms with E-state index in [1.54, 1.807) is 7.11 Å². The maximum atomic E-state index is 5.89. The molecular formula is C18H15N5O2. The highest BCUT2D eigenvalue weighted by Crippen LogP contribution is 2.32. The van der Waals surface area contributed by atoms with Gasteiger partial charge in [0.15, 0.2) is 17.3 Å². The van der Waals surface area contributed by atoms with Crippen LogP contribution in [0.2, 0.25) is 0 Å². The van der Waals surface area contributed by atoms with Gasteiger partial charge in [0.1, 0.15) is 5.75 Å². The fraction of sp³-hybridized carbons (Fsp3) is 0.0556. The Kier molecular flexibility index (Phi) is 3.66. The third kappa shape index (κ3) is 2.61. The van der Waals surface area contributed by atoms with Crippen LogP contribution in [0.1, 0.15) is 0 Å². The van der Waals surface area contributed by atoms with Gasteiger partial charge >= 0.3 is 0 Å². The van der Waals surface area contributed by atoms with Crippen LogP contribution in [0.25, 0.3) is 28.5 Å². The normalized spacial score (nSPS) is 10.8. The highest BCUT2D eigenvalue weighted by molar-refractivity contribution is 5.71. The van der Waals surface area contributed by atoms with Crippen molar-refractivity contribution >= 4 is 5.82 Å². The molecule has 0 radical (unpaired) electrons. The molecule has 0 saturated carbocycles. The molecule has 0 bridgehead atoms. The SMILES string of the molecule is COc1ccccc1-n1cc(-c2ccccc2)nc1-c1nonc1N. The molecule has 2 aromatic carbocycles. The Morgan fingerprint density at radius 3 is 2.48 bits per heavy atom. The summed E-state index contributed by atoms with van der Waals surface area (Å²) in [5.74, 6) is 1.42. The molecule has 7 heteroatoms. The van der Waals surface area contributed by atoms with Gasteiger partial charge in [-0.15, -0.1) is 0 Å². The average molecular weight is 333 g/mol. The number of benzene rings is 2. The van der Waals surface area contributed by atoms with Crippen LogP contribution >= 0.6 is 0 Å². The lowest BCUT2D eigenvalue weighted by Gasteiger charge is -2.10. The number of nitrogens with zero attached hydrogens (tertiary/aromatic N) is 4. The summed E-state index contributed by atoms with van der Waals surface area (Å²) in [6.07, 6.45) is 1.91. The van der Waals surface area contributed by atoms with E-state index in [2.05, 4.69) is 10.3 Å². The average Bonchev–Trinajstić information content (AvgIpc) is 3.28. The first-order valence-electron chi connectivity index (χ1n) is 7.64. The van der Waals surface area contributed by atoms with Gasteiger partial charge in [0, 0.05) is 11.8 Å². The minimum atomic E-state index is 0.182. The lowest BCUT2D eigenvalue weighted by atomic mass is 10.2. The van der Waals surface area contributed by atoms with E-state index < -0.39 is 0 Å². The topological polar surface area (TPSA) is 92.0 Å². The zero-order chi connectivity index (χ0) is 17.2. The van der Waals surface area contributed by atoms with Gasteiger partial charge in [-0.2, -0.15) is 0 Å². The zero-order valence-corrected chi connectivity index (χ0v) is 13.5. The zero-order valence-electron chi connectivity index (χ0n) is 13.5. The maximum Gasteiger partial charge on any atom is 0.199 e. The molecule has 0 fully saturated rings. The molecule has 2 N–H and O–H groups in total. The Balaban J connectivity index is 1.96. The van der Waals surface area contributed by atoms with E-state index in [9.17, 15) is 0 Å². The van der Waals surface area contributed by atoms with E-state index in [0.29, 0.717) is 17.3 Å². The predicted octanol–water partition coefficient (Wildman–Crippen LogP) is 3.18. The fourth-order valence-electron chi connectivity index (χ4n) is 2.66. The van der Waals surface area contributed by atoms with Crippen LogP contribution in [0.3, 0.4) is 0 Å². The number of ether oxygens (including phenoxy) is 1. The number of anilines is 1. The third-order valence-electron chi connectivity index (χ3n) is 3.85. The molecule has 124 valence electrons. The van der Waals surface area contributed by atoms with Gasteiger partial charge < -0.3 is 10.5 Å². The summed E-state index contributed by atoms with van der Waals surface area (Å²) >= 11 is 0. The molecule has 0 unspecified atom stereocenters. The number of para-hydroxylation sites is 2. The molecule has 7 nitrogen and oxygen atoms in total. The number of methoxy groups -OCH3 is 1. The number of hydrogen-bond donors (Lipinski definition) is 1. The largest absolute Gasteiger partial charge is 0.495 e. The molecule has 0 aliphatic carbocycles. The van der Waals surface area contributed by atoms with E-state index in [4.69, 9.17) is 20.1 Å². The maximum absolute atomic E-state index is 5.89. The summed E-state index contributed by atoms with van der Waals surface area (Å²) in [4.78, 5) is 4.70. The first-order chi connectivity index (χ1) is 12.3. The molecule has 0 amide bonds. The summed E-state index contributed by atoms with van der Waals surface area (Å²) in [6.45, 7) is 0. The lowest BCUT2D eigenvalue weighted by Crippen LogP contribution is -2.01. The van der Waals surface area contributed by atoms with E-state index in [1.807, 2.05) is 65.4 Å². The molecule has 25 heavy (non-hydrogen) atoms. The number of imidazole rings is 1. The molecule has 0 spiro atoms. The number of rotatable bonds is 4. The van der Waals surface area contributed by atoms with Gasteiger partial charge in [-0.3, -0.25) is 4.57 Å². The standard InChI is InChI=1S/C18H15N5O2/c1-24-15-10-6-5-9-14(15)23-11-13(12-7-3-2-4-8-12)20-18(23)16-17(19)22-25-21-16/h2-11H,1H3,(H2,19,22). The van der Waals surface area contributed by atoms with Crippen LogP contribution in [0.4, 0.5) is 5.82 Å². The van der Waals surface area contributed by atoms with Gasteiger partial charge in [0.2, 0.25) is 0 Å². The Bertz CT molecular complexity index is 1010. The number of nitrogens with two attached hydrogens (primary N) is 1. The van der Waals surface area contributed by atoms with Crippen molar-refractivity contribution in [1.82, 2.24) is 19.9 Å². The molecule has 4 aromatic rings. The molecule has 0 aliphatic rings. The van der Waals surface area contributed by atoms with Crippen LogP contribution in [-0.2, 0) is 0 Å². The van der Waals surface area contributed by atoms with Gasteiger partial charge in [-0.1, -0.05) is 42.5 Å². The predicted molar refractivity (Wildman–Crippen MR) is 93.3 cm³/mol. The molecule has 4 rings (SSSR count).